The van der Waals surface area contributed by atoms with Gasteiger partial charge in [0.1, 0.15) is 0 Å². The van der Waals surface area contributed by atoms with E-state index in [9.17, 15) is 0 Å². The van der Waals surface area contributed by atoms with Gasteiger partial charge < -0.3 is 0 Å². The molecular formula is C8H10AlO+. The van der Waals surface area contributed by atoms with Crippen LogP contribution < -0.4 is 3.79 Å². The molecule has 0 aliphatic carbocycles. The summed E-state index contributed by atoms with van der Waals surface area (Å²) in [6.07, 6.45) is 0. The van der Waals surface area contributed by atoms with Gasteiger partial charge in [-0.15, -0.1) is 0 Å². The number of hydrogen-bond acceptors (Lipinski definition) is 1. The number of benzene rings is 1. The number of para-hydroxylation sites is 1. The van der Waals surface area contributed by atoms with Gasteiger partial charge in [-0.2, -0.15) is 0 Å². The summed E-state index contributed by atoms with van der Waals surface area (Å²) in [5.74, 6) is 0.999. The Labute approximate surface area is 68.1 Å². The van der Waals surface area contributed by atoms with Crippen molar-refractivity contribution in [2.24, 2.45) is 0 Å². The minimum absolute atomic E-state index is 0.158. The first kappa shape index (κ1) is 7.66. The summed E-state index contributed by atoms with van der Waals surface area (Å²) < 4.78 is 5.44. The molecule has 0 bridgehead atoms. The molecule has 2 heteroatoms. The Morgan fingerprint density at radius 2 is 2.00 bits per heavy atom. The monoisotopic (exact) mass is 149 g/mol. The molecule has 0 fully saturated rings. The Morgan fingerprint density at radius 3 is 2.60 bits per heavy atom. The van der Waals surface area contributed by atoms with Crippen LogP contribution in [0, 0.1) is 0 Å². The number of hydrogen-bond donors (Lipinski definition) is 0. The first-order valence-electron chi connectivity index (χ1n) is 3.47. The molecule has 0 heterocycles. The third kappa shape index (κ3) is 2.43. The van der Waals surface area contributed by atoms with E-state index in [0.717, 1.165) is 11.0 Å². The minimum atomic E-state index is 0.158. The Kier molecular flexibility index (Phi) is 3.35. The van der Waals surface area contributed by atoms with Gasteiger partial charge in [0.25, 0.3) is 0 Å². The second-order valence-corrected chi connectivity index (χ2v) is 3.39. The molecule has 0 unspecified atom stereocenters. The van der Waals surface area contributed by atoms with Gasteiger partial charge >= 0.3 is 67.6 Å². The molecule has 0 saturated heterocycles. The van der Waals surface area contributed by atoms with Crippen LogP contribution in [0.25, 0.3) is 0 Å². The van der Waals surface area contributed by atoms with Crippen LogP contribution in [-0.2, 0) is 0 Å². The van der Waals surface area contributed by atoms with E-state index in [1.54, 1.807) is 0 Å². The predicted molar refractivity (Wildman–Crippen MR) is 43.3 cm³/mol. The SMILES string of the molecule is C[CH2][Al+][O]c1ccccc1. The fraction of sp³-hybridized carbons (Fsp3) is 0.250. The summed E-state index contributed by atoms with van der Waals surface area (Å²) in [6.45, 7) is 2.14. The van der Waals surface area contributed by atoms with Crippen molar-refractivity contribution in [3.8, 4) is 5.75 Å². The van der Waals surface area contributed by atoms with E-state index in [4.69, 9.17) is 3.79 Å². The van der Waals surface area contributed by atoms with Gasteiger partial charge in [0.05, 0.1) is 0 Å². The molecule has 50 valence electrons. The van der Waals surface area contributed by atoms with Crippen LogP contribution in [0.4, 0.5) is 0 Å². The van der Waals surface area contributed by atoms with E-state index < -0.39 is 0 Å². The zero-order valence-corrected chi connectivity index (χ0v) is 7.23. The van der Waals surface area contributed by atoms with Gasteiger partial charge in [-0.25, -0.2) is 0 Å². The molecule has 0 aliphatic heterocycles. The molecule has 0 aromatic heterocycles. The van der Waals surface area contributed by atoms with Gasteiger partial charge in [-0.05, 0) is 0 Å². The first-order valence-corrected chi connectivity index (χ1v) is 4.75. The Balaban J connectivity index is 2.43. The van der Waals surface area contributed by atoms with Crippen molar-refractivity contribution < 1.29 is 3.79 Å². The van der Waals surface area contributed by atoms with E-state index in [-0.39, 0.29) is 15.6 Å². The van der Waals surface area contributed by atoms with Crippen LogP contribution in [0.15, 0.2) is 30.3 Å². The molecular weight excluding hydrogens is 139 g/mol. The molecule has 1 aromatic carbocycles. The standard InChI is InChI=1S/C6H6O.C2H5.Al/c7-6-4-2-1-3-5-6;1-2;/h1-5,7H;1H2,2H3;/q;;+2/p-1. The molecule has 0 amide bonds. The molecule has 0 radical (unpaired) electrons. The Morgan fingerprint density at radius 1 is 1.30 bits per heavy atom. The van der Waals surface area contributed by atoms with Crippen molar-refractivity contribution >= 4 is 15.6 Å². The molecule has 1 aromatic rings. The second-order valence-electron chi connectivity index (χ2n) is 2.01. The van der Waals surface area contributed by atoms with E-state index >= 15 is 0 Å². The fourth-order valence-electron chi connectivity index (χ4n) is 0.679. The van der Waals surface area contributed by atoms with Crippen molar-refractivity contribution in [3.05, 3.63) is 30.3 Å². The van der Waals surface area contributed by atoms with Gasteiger partial charge in [0.15, 0.2) is 0 Å². The van der Waals surface area contributed by atoms with Crippen LogP contribution in [-0.4, -0.2) is 15.6 Å². The van der Waals surface area contributed by atoms with Crippen LogP contribution in [0.1, 0.15) is 6.92 Å². The van der Waals surface area contributed by atoms with Gasteiger partial charge in [0.2, 0.25) is 0 Å². The van der Waals surface area contributed by atoms with Crippen LogP contribution in [0.5, 0.6) is 5.75 Å². The summed E-state index contributed by atoms with van der Waals surface area (Å²) in [4.78, 5) is 0. The topological polar surface area (TPSA) is 9.23 Å². The molecule has 0 saturated carbocycles. The second kappa shape index (κ2) is 4.38. The van der Waals surface area contributed by atoms with Crippen molar-refractivity contribution in [2.45, 2.75) is 12.2 Å². The van der Waals surface area contributed by atoms with Crippen LogP contribution in [0.3, 0.4) is 0 Å². The Hall–Kier alpha value is -0.448. The summed E-state index contributed by atoms with van der Waals surface area (Å²) in [6, 6.07) is 9.95. The molecule has 1 rings (SSSR count). The Bertz CT molecular complexity index is 174. The third-order valence-corrected chi connectivity index (χ3v) is 1.90. The van der Waals surface area contributed by atoms with E-state index in [0.29, 0.717) is 0 Å². The first-order chi connectivity index (χ1) is 4.93. The van der Waals surface area contributed by atoms with Crippen molar-refractivity contribution in [2.75, 3.05) is 0 Å². The molecule has 0 aliphatic rings. The van der Waals surface area contributed by atoms with Gasteiger partial charge in [0, 0.05) is 0 Å². The van der Waals surface area contributed by atoms with E-state index in [1.807, 2.05) is 30.3 Å². The van der Waals surface area contributed by atoms with Crippen molar-refractivity contribution in [1.82, 2.24) is 0 Å². The predicted octanol–water partition coefficient (Wildman–Crippen LogP) is 2.12. The maximum absolute atomic E-state index is 5.44. The van der Waals surface area contributed by atoms with Gasteiger partial charge in [-0.1, -0.05) is 0 Å². The summed E-state index contributed by atoms with van der Waals surface area (Å²) in [7, 11) is 0. The zero-order valence-electron chi connectivity index (χ0n) is 6.08. The molecule has 0 atom stereocenters. The summed E-state index contributed by atoms with van der Waals surface area (Å²) >= 11 is 0.158. The van der Waals surface area contributed by atoms with E-state index in [1.165, 1.54) is 0 Å². The zero-order chi connectivity index (χ0) is 7.23. The van der Waals surface area contributed by atoms with Crippen molar-refractivity contribution in [1.29, 1.82) is 0 Å². The maximum atomic E-state index is 5.44. The van der Waals surface area contributed by atoms with Gasteiger partial charge in [-0.3, -0.25) is 0 Å². The van der Waals surface area contributed by atoms with E-state index in [2.05, 4.69) is 6.92 Å². The summed E-state index contributed by atoms with van der Waals surface area (Å²) in [5.41, 5.74) is 0. The molecule has 0 N–H and O–H groups in total. The average molecular weight is 149 g/mol. The summed E-state index contributed by atoms with van der Waals surface area (Å²) in [5, 5.41) is 1.15. The molecule has 0 spiro atoms. The average Bonchev–Trinajstić information content (AvgIpc) is 2.03. The fourth-order valence-corrected chi connectivity index (χ4v) is 1.19. The normalized spacial score (nSPS) is 8.50. The van der Waals surface area contributed by atoms with Crippen LogP contribution in [0.2, 0.25) is 5.28 Å². The third-order valence-electron chi connectivity index (χ3n) is 1.13. The molecule has 1 nitrogen and oxygen atoms in total. The number of rotatable bonds is 3. The quantitative estimate of drug-likeness (QED) is 0.598. The molecule has 10 heavy (non-hydrogen) atoms. The van der Waals surface area contributed by atoms with Crippen molar-refractivity contribution in [3.63, 3.8) is 0 Å². The van der Waals surface area contributed by atoms with Crippen LogP contribution >= 0.6 is 0 Å².